The minimum Gasteiger partial charge on any atom is -0.497 e. The van der Waals surface area contributed by atoms with E-state index in [-0.39, 0.29) is 0 Å². The van der Waals surface area contributed by atoms with Gasteiger partial charge in [0.05, 0.1) is 17.2 Å². The van der Waals surface area contributed by atoms with E-state index in [1.54, 1.807) is 13.2 Å². The third-order valence-electron chi connectivity index (χ3n) is 4.26. The number of hydrogen-bond donors (Lipinski definition) is 1. The predicted octanol–water partition coefficient (Wildman–Crippen LogP) is 4.29. The Bertz CT molecular complexity index is 698. The number of benzene rings is 2. The summed E-state index contributed by atoms with van der Waals surface area (Å²) >= 11 is 12.3. The second-order valence-electron chi connectivity index (χ2n) is 5.97. The Balaban J connectivity index is 1.84. The molecule has 0 saturated carbocycles. The van der Waals surface area contributed by atoms with Crippen molar-refractivity contribution in [1.82, 2.24) is 5.32 Å². The largest absolute Gasteiger partial charge is 0.497 e. The van der Waals surface area contributed by atoms with E-state index in [0.717, 1.165) is 30.0 Å². The highest BCUT2D eigenvalue weighted by atomic mass is 35.5. The zero-order valence-corrected chi connectivity index (χ0v) is 15.6. The minimum absolute atomic E-state index is 0.365. The van der Waals surface area contributed by atoms with Gasteiger partial charge in [0.2, 0.25) is 0 Å². The molecule has 4 nitrogen and oxygen atoms in total. The van der Waals surface area contributed by atoms with Gasteiger partial charge in [0.1, 0.15) is 23.7 Å². The average molecular weight is 382 g/mol. The van der Waals surface area contributed by atoms with E-state index in [2.05, 4.69) is 5.32 Å². The van der Waals surface area contributed by atoms with E-state index in [1.807, 2.05) is 36.4 Å². The van der Waals surface area contributed by atoms with Crippen LogP contribution in [0.25, 0.3) is 0 Å². The molecule has 0 spiro atoms. The fourth-order valence-electron chi connectivity index (χ4n) is 2.82. The quantitative estimate of drug-likeness (QED) is 0.838. The molecule has 1 aliphatic heterocycles. The highest BCUT2D eigenvalue weighted by Crippen LogP contribution is 2.33. The van der Waals surface area contributed by atoms with Crippen LogP contribution in [0.2, 0.25) is 10.0 Å². The average Bonchev–Trinajstić information content (AvgIpc) is 2.89. The Kier molecular flexibility index (Phi) is 6.07. The molecular formula is C19H21Cl2NO3. The van der Waals surface area contributed by atoms with E-state index in [9.17, 15) is 0 Å². The van der Waals surface area contributed by atoms with Crippen LogP contribution in [0.15, 0.2) is 42.5 Å². The van der Waals surface area contributed by atoms with Crippen molar-refractivity contribution in [2.75, 3.05) is 33.4 Å². The van der Waals surface area contributed by atoms with Crippen molar-refractivity contribution in [3.63, 3.8) is 0 Å². The second-order valence-corrected chi connectivity index (χ2v) is 6.78. The Labute approximate surface area is 158 Å². The summed E-state index contributed by atoms with van der Waals surface area (Å²) < 4.78 is 17.4. The second kappa shape index (κ2) is 8.28. The van der Waals surface area contributed by atoms with Crippen LogP contribution in [0, 0.1) is 0 Å². The molecule has 1 N–H and O–H groups in total. The first-order valence-corrected chi connectivity index (χ1v) is 8.96. The van der Waals surface area contributed by atoms with Gasteiger partial charge >= 0.3 is 0 Å². The molecule has 134 valence electrons. The zero-order chi connectivity index (χ0) is 17.7. The minimum atomic E-state index is -0.620. The van der Waals surface area contributed by atoms with Gasteiger partial charge in [-0.05, 0) is 54.9 Å². The molecule has 1 heterocycles. The lowest BCUT2D eigenvalue weighted by Crippen LogP contribution is -2.43. The maximum Gasteiger partial charge on any atom is 0.139 e. The molecule has 1 saturated heterocycles. The lowest BCUT2D eigenvalue weighted by molar-refractivity contribution is -0.0676. The molecule has 0 amide bonds. The molecule has 0 bridgehead atoms. The number of halogens is 2. The molecular weight excluding hydrogens is 361 g/mol. The van der Waals surface area contributed by atoms with Crippen molar-refractivity contribution in [2.24, 2.45) is 0 Å². The molecule has 3 rings (SSSR count). The van der Waals surface area contributed by atoms with Gasteiger partial charge in [0.25, 0.3) is 0 Å². The first kappa shape index (κ1) is 18.3. The van der Waals surface area contributed by atoms with Crippen LogP contribution in [0.3, 0.4) is 0 Å². The van der Waals surface area contributed by atoms with E-state index < -0.39 is 5.60 Å². The third kappa shape index (κ3) is 4.39. The fourth-order valence-corrected chi connectivity index (χ4v) is 3.12. The summed E-state index contributed by atoms with van der Waals surface area (Å²) in [7, 11) is 1.64. The summed E-state index contributed by atoms with van der Waals surface area (Å²) in [4.78, 5) is 0. The van der Waals surface area contributed by atoms with Crippen LogP contribution < -0.4 is 14.8 Å². The Hall–Kier alpha value is -1.46. The third-order valence-corrected chi connectivity index (χ3v) is 5.00. The van der Waals surface area contributed by atoms with Crippen molar-refractivity contribution in [3.05, 3.63) is 58.1 Å². The molecule has 1 fully saturated rings. The molecule has 2 aromatic rings. The van der Waals surface area contributed by atoms with E-state index in [0.29, 0.717) is 29.8 Å². The summed E-state index contributed by atoms with van der Waals surface area (Å²) in [5, 5.41) is 4.46. The molecule has 6 heteroatoms. The van der Waals surface area contributed by atoms with Crippen LogP contribution in [0.5, 0.6) is 11.5 Å². The maximum absolute atomic E-state index is 6.22. The van der Waals surface area contributed by atoms with Crippen molar-refractivity contribution in [1.29, 1.82) is 0 Å². The van der Waals surface area contributed by atoms with E-state index in [4.69, 9.17) is 37.4 Å². The molecule has 1 atom stereocenters. The number of ether oxygens (including phenoxy) is 3. The SMILES string of the molecule is COc1ccc(OC[C@]2(c3ccc(Cl)c(Cl)c3)CNCCCO2)cc1. The smallest absolute Gasteiger partial charge is 0.139 e. The normalized spacial score (nSPS) is 20.8. The number of hydrogen-bond acceptors (Lipinski definition) is 4. The van der Waals surface area contributed by atoms with Gasteiger partial charge in [-0.2, -0.15) is 0 Å². The first-order valence-electron chi connectivity index (χ1n) is 8.20. The summed E-state index contributed by atoms with van der Waals surface area (Å²) in [5.74, 6) is 1.55. The Morgan fingerprint density at radius 2 is 1.84 bits per heavy atom. The maximum atomic E-state index is 6.22. The van der Waals surface area contributed by atoms with Gasteiger partial charge in [-0.1, -0.05) is 29.3 Å². The molecule has 1 aliphatic rings. The summed E-state index contributed by atoms with van der Waals surface area (Å²) in [6.45, 7) is 2.57. The standard InChI is InChI=1S/C19H21Cl2NO3/c1-23-15-4-6-16(7-5-15)24-13-19(12-22-9-2-10-25-19)14-3-8-17(20)18(21)11-14/h3-8,11,22H,2,9-10,12-13H2,1H3/t19-/m0/s1. The molecule has 2 aromatic carbocycles. The van der Waals surface area contributed by atoms with Crippen molar-refractivity contribution in [2.45, 2.75) is 12.0 Å². The van der Waals surface area contributed by atoms with Crippen molar-refractivity contribution in [3.8, 4) is 11.5 Å². The highest BCUT2D eigenvalue weighted by Gasteiger charge is 2.36. The number of nitrogens with one attached hydrogen (secondary N) is 1. The Morgan fingerprint density at radius 3 is 2.56 bits per heavy atom. The molecule has 0 unspecified atom stereocenters. The molecule has 0 radical (unpaired) electrons. The van der Waals surface area contributed by atoms with Crippen LogP contribution in [0.1, 0.15) is 12.0 Å². The molecule has 0 aromatic heterocycles. The van der Waals surface area contributed by atoms with Gasteiger partial charge in [-0.3, -0.25) is 0 Å². The van der Waals surface area contributed by atoms with Gasteiger partial charge in [0.15, 0.2) is 0 Å². The summed E-state index contributed by atoms with van der Waals surface area (Å²) in [5.41, 5.74) is 0.329. The van der Waals surface area contributed by atoms with Crippen molar-refractivity contribution < 1.29 is 14.2 Å². The van der Waals surface area contributed by atoms with Gasteiger partial charge in [-0.15, -0.1) is 0 Å². The highest BCUT2D eigenvalue weighted by molar-refractivity contribution is 6.42. The van der Waals surface area contributed by atoms with E-state index >= 15 is 0 Å². The zero-order valence-electron chi connectivity index (χ0n) is 14.1. The van der Waals surface area contributed by atoms with E-state index in [1.165, 1.54) is 0 Å². The topological polar surface area (TPSA) is 39.7 Å². The molecule has 25 heavy (non-hydrogen) atoms. The Morgan fingerprint density at radius 1 is 1.08 bits per heavy atom. The van der Waals surface area contributed by atoms with Crippen LogP contribution in [-0.2, 0) is 10.3 Å². The number of methoxy groups -OCH3 is 1. The van der Waals surface area contributed by atoms with Crippen LogP contribution >= 0.6 is 23.2 Å². The number of rotatable bonds is 5. The van der Waals surface area contributed by atoms with Gasteiger partial charge < -0.3 is 19.5 Å². The predicted molar refractivity (Wildman–Crippen MR) is 100 cm³/mol. The fraction of sp³-hybridized carbons (Fsp3) is 0.368. The van der Waals surface area contributed by atoms with Crippen molar-refractivity contribution >= 4 is 23.2 Å². The van der Waals surface area contributed by atoms with Crippen LogP contribution in [0.4, 0.5) is 0 Å². The lowest BCUT2D eigenvalue weighted by Gasteiger charge is -2.33. The monoisotopic (exact) mass is 381 g/mol. The lowest BCUT2D eigenvalue weighted by atomic mass is 9.94. The summed E-state index contributed by atoms with van der Waals surface area (Å²) in [6, 6.07) is 13.1. The molecule has 0 aliphatic carbocycles. The summed E-state index contributed by atoms with van der Waals surface area (Å²) in [6.07, 6.45) is 0.950. The van der Waals surface area contributed by atoms with Gasteiger partial charge in [-0.25, -0.2) is 0 Å². The van der Waals surface area contributed by atoms with Gasteiger partial charge in [0, 0.05) is 13.2 Å². The van der Waals surface area contributed by atoms with Crippen LogP contribution in [-0.4, -0.2) is 33.4 Å². The first-order chi connectivity index (χ1) is 12.1.